The Kier molecular flexibility index (Phi) is 1.78. The summed E-state index contributed by atoms with van der Waals surface area (Å²) in [4.78, 5) is 20.7. The van der Waals surface area contributed by atoms with Crippen LogP contribution < -0.4 is 0 Å². The molecule has 48 valence electrons. The summed E-state index contributed by atoms with van der Waals surface area (Å²) < 4.78 is 0. The lowest BCUT2D eigenvalue weighted by Gasteiger charge is -2.03. The summed E-state index contributed by atoms with van der Waals surface area (Å²) in [6, 6.07) is 0. The molecule has 0 amide bonds. The van der Waals surface area contributed by atoms with E-state index >= 15 is 0 Å². The number of rotatable bonds is 1. The average Bonchev–Trinajstić information content (AvgIpc) is 1.88. The molecule has 2 heteroatoms. The van der Waals surface area contributed by atoms with Crippen molar-refractivity contribution in [2.45, 2.75) is 19.3 Å². The smallest absolute Gasteiger partial charge is 0.156 e. The van der Waals surface area contributed by atoms with Gasteiger partial charge < -0.3 is 0 Å². The van der Waals surface area contributed by atoms with Crippen LogP contribution in [0.2, 0.25) is 0 Å². The maximum absolute atomic E-state index is 10.6. The minimum atomic E-state index is 0.0864. The number of aldehydes is 1. The van der Waals surface area contributed by atoms with E-state index in [1.54, 1.807) is 0 Å². The quantitative estimate of drug-likeness (QED) is 0.486. The summed E-state index contributed by atoms with van der Waals surface area (Å²) in [6.45, 7) is 0. The van der Waals surface area contributed by atoms with Gasteiger partial charge in [-0.2, -0.15) is 0 Å². The van der Waals surface area contributed by atoms with Crippen LogP contribution in [0.3, 0.4) is 0 Å². The molecule has 0 fully saturated rings. The Morgan fingerprint density at radius 2 is 2.22 bits per heavy atom. The van der Waals surface area contributed by atoms with E-state index in [0.29, 0.717) is 12.0 Å². The molecule has 0 saturated heterocycles. The summed E-state index contributed by atoms with van der Waals surface area (Å²) in [5, 5.41) is 0. The normalized spacial score (nSPS) is 19.1. The SMILES string of the molecule is O=CC1=CC(=O)CCC1. The summed E-state index contributed by atoms with van der Waals surface area (Å²) >= 11 is 0. The molecule has 0 N–H and O–H groups in total. The van der Waals surface area contributed by atoms with Crippen molar-refractivity contribution in [1.82, 2.24) is 0 Å². The fourth-order valence-corrected chi connectivity index (χ4v) is 0.911. The molecule has 1 rings (SSSR count). The molecule has 1 aliphatic rings. The van der Waals surface area contributed by atoms with Crippen molar-refractivity contribution in [2.24, 2.45) is 0 Å². The summed E-state index contributed by atoms with van der Waals surface area (Å²) in [5.74, 6) is 0.0864. The highest BCUT2D eigenvalue weighted by molar-refractivity contribution is 5.96. The van der Waals surface area contributed by atoms with Crippen molar-refractivity contribution in [3.05, 3.63) is 11.6 Å². The van der Waals surface area contributed by atoms with Crippen molar-refractivity contribution >= 4 is 12.1 Å². The summed E-state index contributed by atoms with van der Waals surface area (Å²) in [5.41, 5.74) is 0.645. The number of carbonyl (C=O) groups excluding carboxylic acids is 2. The molecule has 0 aromatic carbocycles. The highest BCUT2D eigenvalue weighted by Gasteiger charge is 2.07. The molecule has 0 unspecified atom stereocenters. The summed E-state index contributed by atoms with van der Waals surface area (Å²) in [6.07, 6.45) is 4.42. The highest BCUT2D eigenvalue weighted by Crippen LogP contribution is 2.12. The maximum Gasteiger partial charge on any atom is 0.156 e. The second-order valence-electron chi connectivity index (χ2n) is 2.16. The third-order valence-electron chi connectivity index (χ3n) is 1.39. The van der Waals surface area contributed by atoms with Gasteiger partial charge in [0, 0.05) is 6.42 Å². The first-order chi connectivity index (χ1) is 4.33. The molecule has 0 aromatic rings. The molecule has 2 nitrogen and oxygen atoms in total. The van der Waals surface area contributed by atoms with Crippen LogP contribution >= 0.6 is 0 Å². The Labute approximate surface area is 53.6 Å². The van der Waals surface area contributed by atoms with Crippen LogP contribution in [0.5, 0.6) is 0 Å². The Hall–Kier alpha value is -0.920. The molecule has 9 heavy (non-hydrogen) atoms. The van der Waals surface area contributed by atoms with E-state index in [1.165, 1.54) is 6.08 Å². The van der Waals surface area contributed by atoms with Crippen molar-refractivity contribution in [3.63, 3.8) is 0 Å². The first-order valence-electron chi connectivity index (χ1n) is 3.01. The second kappa shape index (κ2) is 2.58. The van der Waals surface area contributed by atoms with Crippen LogP contribution in [0.1, 0.15) is 19.3 Å². The fraction of sp³-hybridized carbons (Fsp3) is 0.429. The lowest BCUT2D eigenvalue weighted by Crippen LogP contribution is -2.02. The molecule has 0 aromatic heterocycles. The Bertz CT molecular complexity index is 168. The predicted molar refractivity (Wildman–Crippen MR) is 33.0 cm³/mol. The maximum atomic E-state index is 10.6. The number of carbonyl (C=O) groups is 2. The molecule has 0 atom stereocenters. The van der Waals surface area contributed by atoms with E-state index in [2.05, 4.69) is 0 Å². The zero-order valence-corrected chi connectivity index (χ0v) is 5.09. The van der Waals surface area contributed by atoms with Gasteiger partial charge in [-0.3, -0.25) is 9.59 Å². The van der Waals surface area contributed by atoms with Crippen LogP contribution in [0, 0.1) is 0 Å². The van der Waals surface area contributed by atoms with Crippen molar-refractivity contribution in [3.8, 4) is 0 Å². The lowest BCUT2D eigenvalue weighted by atomic mass is 10.00. The predicted octanol–water partition coefficient (Wildman–Crippen LogP) is 0.865. The van der Waals surface area contributed by atoms with Gasteiger partial charge in [-0.1, -0.05) is 0 Å². The van der Waals surface area contributed by atoms with E-state index in [4.69, 9.17) is 0 Å². The minimum Gasteiger partial charge on any atom is -0.298 e. The van der Waals surface area contributed by atoms with Gasteiger partial charge in [0.2, 0.25) is 0 Å². The Morgan fingerprint density at radius 1 is 1.44 bits per heavy atom. The van der Waals surface area contributed by atoms with E-state index in [1.807, 2.05) is 0 Å². The van der Waals surface area contributed by atoms with E-state index in [-0.39, 0.29) is 5.78 Å². The molecule has 0 radical (unpaired) electrons. The first kappa shape index (κ1) is 6.20. The fourth-order valence-electron chi connectivity index (χ4n) is 0.911. The molecule has 0 aliphatic heterocycles. The van der Waals surface area contributed by atoms with Crippen LogP contribution in [0.15, 0.2) is 11.6 Å². The van der Waals surface area contributed by atoms with Gasteiger partial charge in [0.15, 0.2) is 5.78 Å². The lowest BCUT2D eigenvalue weighted by molar-refractivity contribution is -0.115. The minimum absolute atomic E-state index is 0.0864. The van der Waals surface area contributed by atoms with Crippen molar-refractivity contribution in [1.29, 1.82) is 0 Å². The first-order valence-corrected chi connectivity index (χ1v) is 3.01. The molecule has 0 spiro atoms. The molecule has 1 aliphatic carbocycles. The van der Waals surface area contributed by atoms with E-state index < -0.39 is 0 Å². The van der Waals surface area contributed by atoms with Crippen LogP contribution in [-0.2, 0) is 9.59 Å². The number of hydrogen-bond acceptors (Lipinski definition) is 2. The average molecular weight is 124 g/mol. The second-order valence-corrected chi connectivity index (χ2v) is 2.16. The van der Waals surface area contributed by atoms with Crippen LogP contribution in [-0.4, -0.2) is 12.1 Å². The van der Waals surface area contributed by atoms with Gasteiger partial charge in [-0.05, 0) is 24.5 Å². The van der Waals surface area contributed by atoms with Gasteiger partial charge in [0.05, 0.1) is 0 Å². The Balaban J connectivity index is 2.70. The van der Waals surface area contributed by atoms with E-state index in [0.717, 1.165) is 19.1 Å². The molecular formula is C7H8O2. The third kappa shape index (κ3) is 1.49. The Morgan fingerprint density at radius 3 is 2.67 bits per heavy atom. The van der Waals surface area contributed by atoms with Gasteiger partial charge in [-0.15, -0.1) is 0 Å². The van der Waals surface area contributed by atoms with Crippen molar-refractivity contribution < 1.29 is 9.59 Å². The third-order valence-corrected chi connectivity index (χ3v) is 1.39. The van der Waals surface area contributed by atoms with Gasteiger partial charge in [-0.25, -0.2) is 0 Å². The number of ketones is 1. The van der Waals surface area contributed by atoms with Gasteiger partial charge in [0.1, 0.15) is 6.29 Å². The van der Waals surface area contributed by atoms with Gasteiger partial charge >= 0.3 is 0 Å². The highest BCUT2D eigenvalue weighted by atomic mass is 16.1. The monoisotopic (exact) mass is 124 g/mol. The molecule has 0 bridgehead atoms. The largest absolute Gasteiger partial charge is 0.298 e. The number of hydrogen-bond donors (Lipinski definition) is 0. The van der Waals surface area contributed by atoms with E-state index in [9.17, 15) is 9.59 Å². The molecular weight excluding hydrogens is 116 g/mol. The summed E-state index contributed by atoms with van der Waals surface area (Å²) in [7, 11) is 0. The zero-order chi connectivity index (χ0) is 6.69. The molecule has 0 heterocycles. The van der Waals surface area contributed by atoms with Crippen LogP contribution in [0.4, 0.5) is 0 Å². The van der Waals surface area contributed by atoms with Crippen LogP contribution in [0.25, 0.3) is 0 Å². The topological polar surface area (TPSA) is 34.1 Å². The van der Waals surface area contributed by atoms with Crippen molar-refractivity contribution in [2.75, 3.05) is 0 Å². The number of allylic oxidation sites excluding steroid dienone is 2. The standard InChI is InChI=1S/C7H8O2/c8-5-6-2-1-3-7(9)4-6/h4-5H,1-3H2. The molecule has 0 saturated carbocycles. The zero-order valence-electron chi connectivity index (χ0n) is 5.09. The van der Waals surface area contributed by atoms with Gasteiger partial charge in [0.25, 0.3) is 0 Å².